The van der Waals surface area contributed by atoms with Crippen LogP contribution in [-0.4, -0.2) is 4.83 Å². The van der Waals surface area contributed by atoms with Crippen molar-refractivity contribution in [3.8, 4) is 0 Å². The lowest BCUT2D eigenvalue weighted by Gasteiger charge is -2.20. The highest BCUT2D eigenvalue weighted by atomic mass is 79.9. The van der Waals surface area contributed by atoms with Gasteiger partial charge >= 0.3 is 0 Å². The van der Waals surface area contributed by atoms with Crippen LogP contribution in [0.4, 0.5) is 0 Å². The lowest BCUT2D eigenvalue weighted by Crippen LogP contribution is -2.13. The molecule has 0 amide bonds. The van der Waals surface area contributed by atoms with Gasteiger partial charge in [0.25, 0.3) is 0 Å². The van der Waals surface area contributed by atoms with Gasteiger partial charge in [0.1, 0.15) is 0 Å². The molecule has 1 rings (SSSR count). The average Bonchev–Trinajstić information content (AvgIpc) is 2.44. The number of hydrogen-bond donors (Lipinski definition) is 0. The van der Waals surface area contributed by atoms with Crippen LogP contribution < -0.4 is 0 Å². The van der Waals surface area contributed by atoms with Gasteiger partial charge in [-0.15, -0.1) is 0 Å². The van der Waals surface area contributed by atoms with Crippen LogP contribution in [0.1, 0.15) is 71.6 Å². The smallest absolute Gasteiger partial charge is 0.0174 e. The molecular weight excluding hydrogens is 248 g/mol. The first-order valence-electron chi connectivity index (χ1n) is 6.92. The van der Waals surface area contributed by atoms with Crippen molar-refractivity contribution in [1.29, 1.82) is 0 Å². The van der Waals surface area contributed by atoms with Crippen molar-refractivity contribution >= 4 is 15.9 Å². The summed E-state index contributed by atoms with van der Waals surface area (Å²) >= 11 is 3.89. The number of alkyl halides is 1. The molecule has 1 aliphatic rings. The van der Waals surface area contributed by atoms with Crippen LogP contribution in [0.3, 0.4) is 0 Å². The lowest BCUT2D eigenvalue weighted by atomic mass is 9.92. The Morgan fingerprint density at radius 1 is 1.07 bits per heavy atom. The highest BCUT2D eigenvalue weighted by Crippen LogP contribution is 2.35. The van der Waals surface area contributed by atoms with Gasteiger partial charge in [0.15, 0.2) is 0 Å². The Hall–Kier alpha value is 0.480. The minimum Gasteiger partial charge on any atom is -0.0888 e. The molecule has 0 N–H and O–H groups in total. The summed E-state index contributed by atoms with van der Waals surface area (Å²) in [5.74, 6) is 2.01. The maximum Gasteiger partial charge on any atom is 0.0174 e. The van der Waals surface area contributed by atoms with E-state index in [-0.39, 0.29) is 0 Å². The molecule has 1 aliphatic carbocycles. The van der Waals surface area contributed by atoms with Crippen LogP contribution in [0.5, 0.6) is 0 Å². The van der Waals surface area contributed by atoms with Crippen molar-refractivity contribution in [3.63, 3.8) is 0 Å². The van der Waals surface area contributed by atoms with Crippen LogP contribution in [0.2, 0.25) is 0 Å². The van der Waals surface area contributed by atoms with E-state index in [9.17, 15) is 0 Å². The number of hydrogen-bond acceptors (Lipinski definition) is 0. The molecule has 0 nitrogen and oxygen atoms in total. The molecule has 1 fully saturated rings. The maximum absolute atomic E-state index is 3.89. The van der Waals surface area contributed by atoms with E-state index in [1.54, 1.807) is 0 Å². The van der Waals surface area contributed by atoms with E-state index in [1.165, 1.54) is 57.8 Å². The predicted octanol–water partition coefficient (Wildman–Crippen LogP) is 5.55. The van der Waals surface area contributed by atoms with Gasteiger partial charge in [-0.3, -0.25) is 0 Å². The first-order valence-corrected chi connectivity index (χ1v) is 7.83. The zero-order chi connectivity index (χ0) is 11.1. The minimum atomic E-state index is 0.794. The van der Waals surface area contributed by atoms with Crippen molar-refractivity contribution < 1.29 is 0 Å². The summed E-state index contributed by atoms with van der Waals surface area (Å²) in [5, 5.41) is 0. The molecule has 0 aromatic carbocycles. The first kappa shape index (κ1) is 13.5. The monoisotopic (exact) mass is 274 g/mol. The van der Waals surface area contributed by atoms with E-state index in [0.29, 0.717) is 0 Å². The Balaban J connectivity index is 2.31. The van der Waals surface area contributed by atoms with Gasteiger partial charge < -0.3 is 0 Å². The quantitative estimate of drug-likeness (QED) is 0.456. The Bertz CT molecular complexity index is 155. The van der Waals surface area contributed by atoms with Gasteiger partial charge in [0.2, 0.25) is 0 Å². The minimum absolute atomic E-state index is 0.794. The van der Waals surface area contributed by atoms with E-state index in [0.717, 1.165) is 16.7 Å². The molecular formula is C14H27Br. The average molecular weight is 275 g/mol. The molecule has 3 atom stereocenters. The largest absolute Gasteiger partial charge is 0.0888 e. The SMILES string of the molecule is CCCC1CCCC(C(Br)CCC)CC1. The molecule has 1 heteroatoms. The maximum atomic E-state index is 3.89. The molecule has 0 radical (unpaired) electrons. The fourth-order valence-corrected chi connectivity index (χ4v) is 3.96. The van der Waals surface area contributed by atoms with E-state index < -0.39 is 0 Å². The van der Waals surface area contributed by atoms with E-state index in [2.05, 4.69) is 29.8 Å². The van der Waals surface area contributed by atoms with Crippen molar-refractivity contribution in [2.75, 3.05) is 0 Å². The Kier molecular flexibility index (Phi) is 6.96. The summed E-state index contributed by atoms with van der Waals surface area (Å²) in [6.07, 6.45) is 12.9. The second-order valence-corrected chi connectivity index (χ2v) is 6.40. The third-order valence-corrected chi connectivity index (χ3v) is 5.11. The summed E-state index contributed by atoms with van der Waals surface area (Å²) < 4.78 is 0. The highest BCUT2D eigenvalue weighted by molar-refractivity contribution is 9.09. The highest BCUT2D eigenvalue weighted by Gasteiger charge is 2.22. The molecule has 0 spiro atoms. The number of rotatable bonds is 5. The van der Waals surface area contributed by atoms with Crippen molar-refractivity contribution in [3.05, 3.63) is 0 Å². The molecule has 0 bridgehead atoms. The second kappa shape index (κ2) is 7.70. The summed E-state index contributed by atoms with van der Waals surface area (Å²) in [7, 11) is 0. The standard InChI is InChI=1S/C14H27Br/c1-3-6-12-8-5-9-13(11-10-12)14(15)7-4-2/h12-14H,3-11H2,1-2H3. The van der Waals surface area contributed by atoms with Crippen LogP contribution in [0, 0.1) is 11.8 Å². The van der Waals surface area contributed by atoms with Crippen molar-refractivity contribution in [2.24, 2.45) is 11.8 Å². The van der Waals surface area contributed by atoms with E-state index in [4.69, 9.17) is 0 Å². The fraction of sp³-hybridized carbons (Fsp3) is 1.00. The first-order chi connectivity index (χ1) is 7.27. The van der Waals surface area contributed by atoms with Gasteiger partial charge in [-0.05, 0) is 31.1 Å². The normalized spacial score (nSPS) is 29.8. The topological polar surface area (TPSA) is 0 Å². The van der Waals surface area contributed by atoms with Gasteiger partial charge in [-0.1, -0.05) is 68.3 Å². The zero-order valence-corrected chi connectivity index (χ0v) is 12.1. The fourth-order valence-electron chi connectivity index (χ4n) is 2.98. The third-order valence-electron chi connectivity index (χ3n) is 3.91. The summed E-state index contributed by atoms with van der Waals surface area (Å²) in [6.45, 7) is 4.62. The molecule has 90 valence electrons. The summed E-state index contributed by atoms with van der Waals surface area (Å²) in [4.78, 5) is 0.794. The lowest BCUT2D eigenvalue weighted by molar-refractivity contribution is 0.397. The third kappa shape index (κ3) is 4.89. The molecule has 0 saturated heterocycles. The zero-order valence-electron chi connectivity index (χ0n) is 10.5. The Morgan fingerprint density at radius 3 is 2.53 bits per heavy atom. The summed E-state index contributed by atoms with van der Waals surface area (Å²) in [6, 6.07) is 0. The number of halogens is 1. The van der Waals surface area contributed by atoms with Crippen molar-refractivity contribution in [2.45, 2.75) is 76.5 Å². The predicted molar refractivity (Wildman–Crippen MR) is 72.6 cm³/mol. The Morgan fingerprint density at radius 2 is 1.87 bits per heavy atom. The van der Waals surface area contributed by atoms with Crippen molar-refractivity contribution in [1.82, 2.24) is 0 Å². The van der Waals surface area contributed by atoms with Crippen LogP contribution in [0.25, 0.3) is 0 Å². The van der Waals surface area contributed by atoms with Gasteiger partial charge in [0.05, 0.1) is 0 Å². The van der Waals surface area contributed by atoms with Crippen LogP contribution in [-0.2, 0) is 0 Å². The molecule has 3 unspecified atom stereocenters. The second-order valence-electron chi connectivity index (χ2n) is 5.23. The van der Waals surface area contributed by atoms with Gasteiger partial charge in [0, 0.05) is 4.83 Å². The Labute approximate surface area is 104 Å². The van der Waals surface area contributed by atoms with E-state index >= 15 is 0 Å². The van der Waals surface area contributed by atoms with Crippen LogP contribution >= 0.6 is 15.9 Å². The van der Waals surface area contributed by atoms with Gasteiger partial charge in [-0.2, -0.15) is 0 Å². The molecule has 15 heavy (non-hydrogen) atoms. The molecule has 0 heterocycles. The van der Waals surface area contributed by atoms with Gasteiger partial charge in [-0.25, -0.2) is 0 Å². The van der Waals surface area contributed by atoms with E-state index in [1.807, 2.05) is 0 Å². The summed E-state index contributed by atoms with van der Waals surface area (Å²) in [5.41, 5.74) is 0. The molecule has 0 aliphatic heterocycles. The molecule has 0 aromatic rings. The van der Waals surface area contributed by atoms with Crippen LogP contribution in [0.15, 0.2) is 0 Å². The molecule has 1 saturated carbocycles. The molecule has 0 aromatic heterocycles.